The highest BCUT2D eigenvalue weighted by Gasteiger charge is 1.99. The molecule has 0 aliphatic carbocycles. The van der Waals surface area contributed by atoms with E-state index in [2.05, 4.69) is 43.1 Å². The van der Waals surface area contributed by atoms with Crippen molar-refractivity contribution in [3.05, 3.63) is 35.4 Å². The van der Waals surface area contributed by atoms with Crippen LogP contribution < -0.4 is 5.73 Å². The Kier molecular flexibility index (Phi) is 6.12. The molecule has 0 atom stereocenters. The summed E-state index contributed by atoms with van der Waals surface area (Å²) in [7, 11) is 2.19. The van der Waals surface area contributed by atoms with Gasteiger partial charge in [-0.3, -0.25) is 0 Å². The molecule has 0 saturated carbocycles. The smallest absolute Gasteiger partial charge is 0.0230 e. The minimum Gasteiger partial charge on any atom is -0.326 e. The minimum absolute atomic E-state index is 0.632. The molecule has 1 aromatic rings. The molecule has 1 rings (SSSR count). The van der Waals surface area contributed by atoms with Crippen LogP contribution in [0.25, 0.3) is 0 Å². The van der Waals surface area contributed by atoms with Gasteiger partial charge in [0, 0.05) is 13.1 Å². The predicted octanol–water partition coefficient (Wildman–Crippen LogP) is 2.77. The van der Waals surface area contributed by atoms with Gasteiger partial charge >= 0.3 is 0 Å². The molecule has 0 heterocycles. The van der Waals surface area contributed by atoms with Crippen molar-refractivity contribution in [3.63, 3.8) is 0 Å². The summed E-state index contributed by atoms with van der Waals surface area (Å²) >= 11 is 0. The molecule has 0 amide bonds. The van der Waals surface area contributed by atoms with Crippen molar-refractivity contribution in [2.45, 2.75) is 39.3 Å². The lowest BCUT2D eigenvalue weighted by molar-refractivity contribution is 0.318. The molecule has 0 unspecified atom stereocenters. The highest BCUT2D eigenvalue weighted by atomic mass is 15.1. The van der Waals surface area contributed by atoms with E-state index >= 15 is 0 Å². The molecule has 0 bridgehead atoms. The number of nitrogens with two attached hydrogens (primary N) is 1. The first-order chi connectivity index (χ1) is 7.76. The van der Waals surface area contributed by atoms with Crippen LogP contribution in [0, 0.1) is 0 Å². The summed E-state index contributed by atoms with van der Waals surface area (Å²) in [5, 5.41) is 0. The van der Waals surface area contributed by atoms with Crippen LogP contribution in [0.15, 0.2) is 24.3 Å². The molecule has 2 nitrogen and oxygen atoms in total. The number of rotatable bonds is 7. The molecule has 16 heavy (non-hydrogen) atoms. The van der Waals surface area contributed by atoms with Gasteiger partial charge in [-0.15, -0.1) is 0 Å². The molecule has 0 aliphatic rings. The molecule has 2 N–H and O–H groups in total. The van der Waals surface area contributed by atoms with E-state index in [0.29, 0.717) is 6.54 Å². The zero-order chi connectivity index (χ0) is 11.8. The third-order valence-corrected chi connectivity index (χ3v) is 2.85. The molecule has 0 aromatic heterocycles. The van der Waals surface area contributed by atoms with Gasteiger partial charge in [-0.05, 0) is 31.1 Å². The van der Waals surface area contributed by atoms with Crippen LogP contribution in [0.4, 0.5) is 0 Å². The molecule has 2 heteroatoms. The molecule has 1 aromatic carbocycles. The molecular weight excluding hydrogens is 196 g/mol. The Morgan fingerprint density at radius 3 is 2.25 bits per heavy atom. The Labute approximate surface area is 99.5 Å². The van der Waals surface area contributed by atoms with E-state index in [-0.39, 0.29) is 0 Å². The van der Waals surface area contributed by atoms with E-state index in [9.17, 15) is 0 Å². The molecule has 0 spiro atoms. The maximum Gasteiger partial charge on any atom is 0.0230 e. The monoisotopic (exact) mass is 220 g/mol. The highest BCUT2D eigenvalue weighted by Crippen LogP contribution is 2.07. The normalized spacial score (nSPS) is 11.0. The SMILES string of the molecule is CCCCCN(C)Cc1ccc(CN)cc1. The summed E-state index contributed by atoms with van der Waals surface area (Å²) in [6.07, 6.45) is 3.92. The first kappa shape index (κ1) is 13.2. The van der Waals surface area contributed by atoms with Crippen molar-refractivity contribution in [3.8, 4) is 0 Å². The summed E-state index contributed by atoms with van der Waals surface area (Å²) in [5.74, 6) is 0. The summed E-state index contributed by atoms with van der Waals surface area (Å²) in [6, 6.07) is 8.60. The van der Waals surface area contributed by atoms with Crippen LogP contribution in [0.2, 0.25) is 0 Å². The van der Waals surface area contributed by atoms with Gasteiger partial charge in [0.05, 0.1) is 0 Å². The highest BCUT2D eigenvalue weighted by molar-refractivity contribution is 5.22. The molecular formula is C14H24N2. The van der Waals surface area contributed by atoms with E-state index in [1.165, 1.54) is 36.9 Å². The van der Waals surface area contributed by atoms with Gasteiger partial charge in [-0.1, -0.05) is 44.0 Å². The second kappa shape index (κ2) is 7.42. The summed E-state index contributed by atoms with van der Waals surface area (Å²) in [6.45, 7) is 5.10. The number of unbranched alkanes of at least 4 members (excludes halogenated alkanes) is 2. The third-order valence-electron chi connectivity index (χ3n) is 2.85. The quantitative estimate of drug-likeness (QED) is 0.716. The second-order valence-corrected chi connectivity index (χ2v) is 4.47. The minimum atomic E-state index is 0.632. The van der Waals surface area contributed by atoms with Crippen molar-refractivity contribution >= 4 is 0 Å². The maximum atomic E-state index is 5.57. The maximum absolute atomic E-state index is 5.57. The fourth-order valence-corrected chi connectivity index (χ4v) is 1.80. The van der Waals surface area contributed by atoms with E-state index in [4.69, 9.17) is 5.73 Å². The summed E-state index contributed by atoms with van der Waals surface area (Å²) in [5.41, 5.74) is 8.15. The first-order valence-corrected chi connectivity index (χ1v) is 6.22. The zero-order valence-corrected chi connectivity index (χ0v) is 10.6. The Hall–Kier alpha value is -0.860. The first-order valence-electron chi connectivity index (χ1n) is 6.22. The average Bonchev–Trinajstić information content (AvgIpc) is 2.30. The summed E-state index contributed by atoms with van der Waals surface area (Å²) < 4.78 is 0. The Morgan fingerprint density at radius 2 is 1.69 bits per heavy atom. The lowest BCUT2D eigenvalue weighted by Crippen LogP contribution is -2.19. The fourth-order valence-electron chi connectivity index (χ4n) is 1.80. The van der Waals surface area contributed by atoms with Crippen molar-refractivity contribution in [2.24, 2.45) is 5.73 Å². The van der Waals surface area contributed by atoms with Crippen LogP contribution >= 0.6 is 0 Å². The summed E-state index contributed by atoms with van der Waals surface area (Å²) in [4.78, 5) is 2.38. The Morgan fingerprint density at radius 1 is 1.06 bits per heavy atom. The topological polar surface area (TPSA) is 29.3 Å². The number of hydrogen-bond acceptors (Lipinski definition) is 2. The van der Waals surface area contributed by atoms with Gasteiger partial charge in [0.2, 0.25) is 0 Å². The van der Waals surface area contributed by atoms with Crippen LogP contribution in [-0.2, 0) is 13.1 Å². The van der Waals surface area contributed by atoms with Crippen molar-refractivity contribution in [2.75, 3.05) is 13.6 Å². The van der Waals surface area contributed by atoms with Crippen LogP contribution in [0.1, 0.15) is 37.3 Å². The van der Waals surface area contributed by atoms with Gasteiger partial charge in [-0.25, -0.2) is 0 Å². The van der Waals surface area contributed by atoms with E-state index < -0.39 is 0 Å². The van der Waals surface area contributed by atoms with Gasteiger partial charge in [0.25, 0.3) is 0 Å². The van der Waals surface area contributed by atoms with Gasteiger partial charge in [0.1, 0.15) is 0 Å². The van der Waals surface area contributed by atoms with Crippen LogP contribution in [0.5, 0.6) is 0 Å². The molecule has 0 radical (unpaired) electrons. The number of hydrogen-bond donors (Lipinski definition) is 1. The lowest BCUT2D eigenvalue weighted by Gasteiger charge is -2.16. The number of nitrogens with zero attached hydrogens (tertiary/aromatic N) is 1. The van der Waals surface area contributed by atoms with Crippen molar-refractivity contribution in [1.29, 1.82) is 0 Å². The average molecular weight is 220 g/mol. The number of benzene rings is 1. The van der Waals surface area contributed by atoms with E-state index in [1.54, 1.807) is 0 Å². The molecule has 90 valence electrons. The standard InChI is InChI=1S/C14H24N2/c1-3-4-5-10-16(2)12-14-8-6-13(11-15)7-9-14/h6-9H,3-5,10-12,15H2,1-2H3. The van der Waals surface area contributed by atoms with Crippen molar-refractivity contribution < 1.29 is 0 Å². The van der Waals surface area contributed by atoms with E-state index in [0.717, 1.165) is 6.54 Å². The molecule has 0 saturated heterocycles. The molecule has 0 aliphatic heterocycles. The van der Waals surface area contributed by atoms with Gasteiger partial charge < -0.3 is 10.6 Å². The lowest BCUT2D eigenvalue weighted by atomic mass is 10.1. The van der Waals surface area contributed by atoms with Gasteiger partial charge in [0.15, 0.2) is 0 Å². The molecule has 0 fully saturated rings. The van der Waals surface area contributed by atoms with Crippen molar-refractivity contribution in [1.82, 2.24) is 4.90 Å². The van der Waals surface area contributed by atoms with Gasteiger partial charge in [-0.2, -0.15) is 0 Å². The second-order valence-electron chi connectivity index (χ2n) is 4.47. The largest absolute Gasteiger partial charge is 0.326 e. The Balaban J connectivity index is 2.34. The fraction of sp³-hybridized carbons (Fsp3) is 0.571. The van der Waals surface area contributed by atoms with Crippen LogP contribution in [0.3, 0.4) is 0 Å². The predicted molar refractivity (Wildman–Crippen MR) is 70.2 cm³/mol. The van der Waals surface area contributed by atoms with E-state index in [1.807, 2.05) is 0 Å². The van der Waals surface area contributed by atoms with Crippen LogP contribution in [-0.4, -0.2) is 18.5 Å². The third kappa shape index (κ3) is 4.77. The Bertz CT molecular complexity index is 279. The zero-order valence-electron chi connectivity index (χ0n) is 10.6.